The normalized spacial score (nSPS) is 16.2. The lowest BCUT2D eigenvalue weighted by Gasteiger charge is -2.30. The number of amides is 2. The van der Waals surface area contributed by atoms with Gasteiger partial charge in [-0.05, 0) is 66.3 Å². The summed E-state index contributed by atoms with van der Waals surface area (Å²) < 4.78 is 0. The van der Waals surface area contributed by atoms with Gasteiger partial charge in [-0.2, -0.15) is 0 Å². The van der Waals surface area contributed by atoms with Crippen LogP contribution < -0.4 is 10.2 Å². The molecule has 2 aliphatic heterocycles. The fourth-order valence-corrected chi connectivity index (χ4v) is 3.78. The topological polar surface area (TPSA) is 55.8 Å². The molecule has 0 saturated carbocycles. The van der Waals surface area contributed by atoms with Crippen molar-refractivity contribution in [1.82, 2.24) is 4.90 Å². The minimum Gasteiger partial charge on any atom is -0.508 e. The van der Waals surface area contributed by atoms with Crippen LogP contribution in [0.3, 0.4) is 0 Å². The van der Waals surface area contributed by atoms with Crippen molar-refractivity contribution in [2.45, 2.75) is 25.8 Å². The first-order valence-corrected chi connectivity index (χ1v) is 8.81. The van der Waals surface area contributed by atoms with Crippen LogP contribution in [-0.4, -0.2) is 36.2 Å². The first kappa shape index (κ1) is 15.8. The number of aromatic hydroxyl groups is 1. The molecule has 25 heavy (non-hydrogen) atoms. The molecule has 0 atom stereocenters. The van der Waals surface area contributed by atoms with Crippen LogP contribution in [0.25, 0.3) is 0 Å². The molecule has 0 bridgehead atoms. The zero-order valence-electron chi connectivity index (χ0n) is 14.5. The Morgan fingerprint density at radius 2 is 1.92 bits per heavy atom. The van der Waals surface area contributed by atoms with Gasteiger partial charge in [-0.25, -0.2) is 4.79 Å². The van der Waals surface area contributed by atoms with Gasteiger partial charge in [0.1, 0.15) is 5.75 Å². The Bertz CT molecular complexity index is 819. The van der Waals surface area contributed by atoms with E-state index in [4.69, 9.17) is 0 Å². The molecule has 2 heterocycles. The van der Waals surface area contributed by atoms with Crippen LogP contribution in [0.4, 0.5) is 16.2 Å². The molecule has 130 valence electrons. The summed E-state index contributed by atoms with van der Waals surface area (Å²) in [5, 5.41) is 12.7. The van der Waals surface area contributed by atoms with Gasteiger partial charge >= 0.3 is 6.03 Å². The Morgan fingerprint density at radius 1 is 1.04 bits per heavy atom. The van der Waals surface area contributed by atoms with E-state index in [0.29, 0.717) is 13.1 Å². The molecule has 0 aromatic heterocycles. The van der Waals surface area contributed by atoms with Crippen molar-refractivity contribution in [2.24, 2.45) is 0 Å². The van der Waals surface area contributed by atoms with Crippen LogP contribution in [0, 0.1) is 0 Å². The fourth-order valence-electron chi connectivity index (χ4n) is 3.78. The number of phenolic OH excluding ortho intramolecular Hbond substituents is 1. The van der Waals surface area contributed by atoms with Gasteiger partial charge < -0.3 is 20.2 Å². The number of phenols is 1. The molecule has 2 aromatic rings. The lowest BCUT2D eigenvalue weighted by Crippen LogP contribution is -2.38. The van der Waals surface area contributed by atoms with Crippen molar-refractivity contribution >= 4 is 17.4 Å². The second-order valence-corrected chi connectivity index (χ2v) is 6.92. The molecule has 2 aliphatic rings. The van der Waals surface area contributed by atoms with Crippen molar-refractivity contribution in [3.63, 3.8) is 0 Å². The van der Waals surface area contributed by atoms with E-state index in [1.54, 1.807) is 17.0 Å². The molecule has 2 aromatic carbocycles. The van der Waals surface area contributed by atoms with Gasteiger partial charge in [-0.1, -0.05) is 6.07 Å². The molecule has 2 N–H and O–H groups in total. The van der Waals surface area contributed by atoms with Gasteiger partial charge in [0.25, 0.3) is 0 Å². The number of carbonyl (C=O) groups excluding carboxylic acids is 1. The first-order chi connectivity index (χ1) is 12.1. The fraction of sp³-hybridized carbons (Fsp3) is 0.350. The summed E-state index contributed by atoms with van der Waals surface area (Å²) in [7, 11) is 2.11. The van der Waals surface area contributed by atoms with Crippen molar-refractivity contribution in [3.8, 4) is 5.75 Å². The second kappa shape index (κ2) is 6.31. The third-order valence-corrected chi connectivity index (χ3v) is 5.17. The monoisotopic (exact) mass is 337 g/mol. The van der Waals surface area contributed by atoms with E-state index in [1.807, 2.05) is 12.1 Å². The maximum atomic E-state index is 12.6. The lowest BCUT2D eigenvalue weighted by atomic mass is 9.99. The number of urea groups is 1. The van der Waals surface area contributed by atoms with Gasteiger partial charge in [-0.15, -0.1) is 0 Å². The SMILES string of the molecule is CN1CCCc2cc(NC(=O)N3CCc4ccc(O)cc4C3)ccc21. The third-order valence-electron chi connectivity index (χ3n) is 5.17. The van der Waals surface area contributed by atoms with Crippen molar-refractivity contribution < 1.29 is 9.90 Å². The van der Waals surface area contributed by atoms with E-state index >= 15 is 0 Å². The number of anilines is 2. The number of benzene rings is 2. The first-order valence-electron chi connectivity index (χ1n) is 8.81. The van der Waals surface area contributed by atoms with E-state index < -0.39 is 0 Å². The zero-order chi connectivity index (χ0) is 17.4. The van der Waals surface area contributed by atoms with Gasteiger partial charge in [0.2, 0.25) is 0 Å². The van der Waals surface area contributed by atoms with Crippen LogP contribution in [0.2, 0.25) is 0 Å². The van der Waals surface area contributed by atoms with E-state index in [1.165, 1.54) is 16.8 Å². The average molecular weight is 337 g/mol. The molecular formula is C20H23N3O2. The highest BCUT2D eigenvalue weighted by Crippen LogP contribution is 2.29. The summed E-state index contributed by atoms with van der Waals surface area (Å²) in [5.74, 6) is 0.250. The Labute approximate surface area is 147 Å². The van der Waals surface area contributed by atoms with Gasteiger partial charge in [0, 0.05) is 38.1 Å². The predicted molar refractivity (Wildman–Crippen MR) is 99.3 cm³/mol. The Balaban J connectivity index is 1.47. The van der Waals surface area contributed by atoms with E-state index in [9.17, 15) is 9.90 Å². The predicted octanol–water partition coefficient (Wildman–Crippen LogP) is 3.36. The van der Waals surface area contributed by atoms with Crippen LogP contribution in [0.5, 0.6) is 5.75 Å². The average Bonchev–Trinajstić information content (AvgIpc) is 2.61. The number of carbonyl (C=O) groups is 1. The van der Waals surface area contributed by atoms with Gasteiger partial charge in [-0.3, -0.25) is 0 Å². The van der Waals surface area contributed by atoms with Gasteiger partial charge in [0.05, 0.1) is 0 Å². The maximum Gasteiger partial charge on any atom is 0.322 e. The summed E-state index contributed by atoms with van der Waals surface area (Å²) in [5.41, 5.74) is 5.62. The Morgan fingerprint density at radius 3 is 2.80 bits per heavy atom. The highest BCUT2D eigenvalue weighted by molar-refractivity contribution is 5.90. The Hall–Kier alpha value is -2.69. The number of fused-ring (bicyclic) bond motifs is 2. The smallest absolute Gasteiger partial charge is 0.322 e. The third kappa shape index (κ3) is 3.14. The summed E-state index contributed by atoms with van der Waals surface area (Å²) in [4.78, 5) is 16.7. The molecule has 0 saturated heterocycles. The number of aryl methyl sites for hydroxylation is 1. The van der Waals surface area contributed by atoms with Crippen molar-refractivity contribution in [1.29, 1.82) is 0 Å². The van der Waals surface area contributed by atoms with Gasteiger partial charge in [0.15, 0.2) is 0 Å². The largest absolute Gasteiger partial charge is 0.508 e. The molecule has 0 fully saturated rings. The number of rotatable bonds is 1. The number of nitrogens with zero attached hydrogens (tertiary/aromatic N) is 2. The summed E-state index contributed by atoms with van der Waals surface area (Å²) in [6, 6.07) is 11.5. The van der Waals surface area contributed by atoms with Crippen molar-refractivity contribution in [3.05, 3.63) is 53.1 Å². The molecule has 0 radical (unpaired) electrons. The molecule has 0 unspecified atom stereocenters. The van der Waals surface area contributed by atoms with E-state index in [-0.39, 0.29) is 11.8 Å². The lowest BCUT2D eigenvalue weighted by molar-refractivity contribution is 0.206. The van der Waals surface area contributed by atoms with Crippen molar-refractivity contribution in [2.75, 3.05) is 30.4 Å². The standard InChI is InChI=1S/C20H23N3O2/c1-22-9-2-3-15-11-17(5-7-19(15)22)21-20(25)23-10-8-14-4-6-18(24)12-16(14)13-23/h4-7,11-12,24H,2-3,8-10,13H2,1H3,(H,21,25). The van der Waals surface area contributed by atoms with Crippen LogP contribution >= 0.6 is 0 Å². The Kier molecular flexibility index (Phi) is 3.99. The zero-order valence-corrected chi connectivity index (χ0v) is 14.5. The molecule has 0 spiro atoms. The summed E-state index contributed by atoms with van der Waals surface area (Å²) in [6.07, 6.45) is 3.02. The van der Waals surface area contributed by atoms with E-state index in [0.717, 1.165) is 37.1 Å². The minimum absolute atomic E-state index is 0.0851. The number of nitrogens with one attached hydrogen (secondary N) is 1. The molecule has 5 nitrogen and oxygen atoms in total. The molecular weight excluding hydrogens is 314 g/mol. The van der Waals surface area contributed by atoms with E-state index in [2.05, 4.69) is 29.4 Å². The maximum absolute atomic E-state index is 12.6. The second-order valence-electron chi connectivity index (χ2n) is 6.92. The molecule has 0 aliphatic carbocycles. The quantitative estimate of drug-likeness (QED) is 0.839. The summed E-state index contributed by atoms with van der Waals surface area (Å²) >= 11 is 0. The van der Waals surface area contributed by atoms with Crippen LogP contribution in [-0.2, 0) is 19.4 Å². The molecule has 4 rings (SSSR count). The molecule has 5 heteroatoms. The highest BCUT2D eigenvalue weighted by atomic mass is 16.3. The minimum atomic E-state index is -0.0851. The highest BCUT2D eigenvalue weighted by Gasteiger charge is 2.21. The number of hydrogen-bond acceptors (Lipinski definition) is 3. The molecule has 2 amide bonds. The van der Waals surface area contributed by atoms with Crippen LogP contribution in [0.15, 0.2) is 36.4 Å². The summed E-state index contributed by atoms with van der Waals surface area (Å²) in [6.45, 7) is 2.30. The van der Waals surface area contributed by atoms with Crippen LogP contribution in [0.1, 0.15) is 23.1 Å². The number of hydrogen-bond donors (Lipinski definition) is 2.